The number of benzene rings is 1. The van der Waals surface area contributed by atoms with E-state index in [-0.39, 0.29) is 0 Å². The van der Waals surface area contributed by atoms with Crippen molar-refractivity contribution in [2.24, 2.45) is 5.16 Å². The highest BCUT2D eigenvalue weighted by Gasteiger charge is 1.92. The van der Waals surface area contributed by atoms with Gasteiger partial charge in [-0.05, 0) is 23.9 Å². The molecule has 0 aliphatic carbocycles. The lowest BCUT2D eigenvalue weighted by Gasteiger charge is -1.99. The summed E-state index contributed by atoms with van der Waals surface area (Å²) >= 11 is 1.64. The van der Waals surface area contributed by atoms with E-state index in [9.17, 15) is 0 Å². The maximum Gasteiger partial charge on any atom is 0.142 e. The van der Waals surface area contributed by atoms with Gasteiger partial charge in [0.25, 0.3) is 0 Å². The predicted molar refractivity (Wildman–Crippen MR) is 67.9 cm³/mol. The summed E-state index contributed by atoms with van der Waals surface area (Å²) < 4.78 is 0. The van der Waals surface area contributed by atoms with Crippen molar-refractivity contribution in [2.45, 2.75) is 13.5 Å². The topological polar surface area (TPSA) is 21.6 Å². The minimum atomic E-state index is 0.516. The average Bonchev–Trinajstić information content (AvgIpc) is 2.80. The minimum Gasteiger partial charge on any atom is -0.391 e. The van der Waals surface area contributed by atoms with Crippen LogP contribution in [0.3, 0.4) is 0 Å². The van der Waals surface area contributed by atoms with Crippen molar-refractivity contribution >= 4 is 17.6 Å². The molecule has 1 aromatic carbocycles. The molecule has 1 aromatic heterocycles. The first-order valence-corrected chi connectivity index (χ1v) is 5.97. The Morgan fingerprint density at radius 1 is 1.25 bits per heavy atom. The summed E-state index contributed by atoms with van der Waals surface area (Å²) in [7, 11) is 0. The molecule has 0 bridgehead atoms. The molecule has 0 unspecified atom stereocenters. The van der Waals surface area contributed by atoms with Gasteiger partial charge in [-0.1, -0.05) is 41.1 Å². The van der Waals surface area contributed by atoms with Crippen molar-refractivity contribution in [1.29, 1.82) is 0 Å². The van der Waals surface area contributed by atoms with E-state index in [1.54, 1.807) is 17.6 Å². The van der Waals surface area contributed by atoms with Gasteiger partial charge in [0.1, 0.15) is 6.61 Å². The summed E-state index contributed by atoms with van der Waals surface area (Å²) in [6, 6.07) is 12.2. The number of hydrogen-bond donors (Lipinski definition) is 0. The van der Waals surface area contributed by atoms with Gasteiger partial charge in [0.15, 0.2) is 0 Å². The fraction of sp³-hybridized carbons (Fsp3) is 0.154. The fourth-order valence-corrected chi connectivity index (χ4v) is 1.83. The quantitative estimate of drug-likeness (QED) is 0.582. The largest absolute Gasteiger partial charge is 0.391 e. The molecule has 0 atom stereocenters. The van der Waals surface area contributed by atoms with Gasteiger partial charge >= 0.3 is 0 Å². The smallest absolute Gasteiger partial charge is 0.142 e. The Morgan fingerprint density at radius 2 is 2.06 bits per heavy atom. The molecule has 82 valence electrons. The minimum absolute atomic E-state index is 0.516. The molecule has 1 heterocycles. The number of rotatable bonds is 4. The zero-order valence-corrected chi connectivity index (χ0v) is 9.91. The molecule has 3 heteroatoms. The van der Waals surface area contributed by atoms with Gasteiger partial charge in [0, 0.05) is 4.88 Å². The summed E-state index contributed by atoms with van der Waals surface area (Å²) in [6.07, 6.45) is 1.73. The molecule has 0 saturated heterocycles. The van der Waals surface area contributed by atoms with Crippen LogP contribution in [-0.4, -0.2) is 6.21 Å². The fourth-order valence-electron chi connectivity index (χ4n) is 1.25. The normalized spacial score (nSPS) is 10.8. The molecule has 0 aliphatic rings. The Balaban J connectivity index is 1.82. The van der Waals surface area contributed by atoms with Crippen LogP contribution in [0.5, 0.6) is 0 Å². The second kappa shape index (κ2) is 5.47. The van der Waals surface area contributed by atoms with Crippen LogP contribution in [0, 0.1) is 6.92 Å². The molecule has 0 aliphatic heterocycles. The van der Waals surface area contributed by atoms with Crippen molar-refractivity contribution in [3.63, 3.8) is 0 Å². The van der Waals surface area contributed by atoms with Crippen molar-refractivity contribution in [3.05, 3.63) is 57.8 Å². The first-order chi connectivity index (χ1) is 7.84. The Hall–Kier alpha value is -1.61. The summed E-state index contributed by atoms with van der Waals surface area (Å²) in [5.74, 6) is 0. The van der Waals surface area contributed by atoms with E-state index in [2.05, 4.69) is 36.3 Å². The van der Waals surface area contributed by atoms with E-state index in [0.717, 1.165) is 10.4 Å². The highest BCUT2D eigenvalue weighted by atomic mass is 32.1. The maximum absolute atomic E-state index is 5.21. The van der Waals surface area contributed by atoms with Gasteiger partial charge < -0.3 is 4.84 Å². The van der Waals surface area contributed by atoms with Crippen molar-refractivity contribution in [3.8, 4) is 0 Å². The third kappa shape index (κ3) is 3.21. The Bertz CT molecular complexity index is 445. The summed E-state index contributed by atoms with van der Waals surface area (Å²) in [5.41, 5.74) is 2.39. The Labute approximate surface area is 99.2 Å². The highest BCUT2D eigenvalue weighted by Crippen LogP contribution is 2.06. The molecule has 0 radical (unpaired) electrons. The molecule has 0 amide bonds. The van der Waals surface area contributed by atoms with Crippen molar-refractivity contribution in [1.82, 2.24) is 0 Å². The lowest BCUT2D eigenvalue weighted by Crippen LogP contribution is -1.87. The van der Waals surface area contributed by atoms with Gasteiger partial charge in [-0.3, -0.25) is 0 Å². The molecular weight excluding hydrogens is 218 g/mol. The second-order valence-electron chi connectivity index (χ2n) is 3.51. The molecule has 16 heavy (non-hydrogen) atoms. The number of thiophene rings is 1. The highest BCUT2D eigenvalue weighted by molar-refractivity contribution is 7.11. The lowest BCUT2D eigenvalue weighted by atomic mass is 10.2. The SMILES string of the molecule is Cc1ccc(CON=Cc2cccs2)cc1. The van der Waals surface area contributed by atoms with Crippen molar-refractivity contribution < 1.29 is 4.84 Å². The molecule has 2 nitrogen and oxygen atoms in total. The van der Waals surface area contributed by atoms with Crippen LogP contribution in [0.2, 0.25) is 0 Å². The number of hydrogen-bond acceptors (Lipinski definition) is 3. The van der Waals surface area contributed by atoms with Gasteiger partial charge in [-0.15, -0.1) is 11.3 Å². The first-order valence-electron chi connectivity index (χ1n) is 5.09. The van der Waals surface area contributed by atoms with Gasteiger partial charge in [0.2, 0.25) is 0 Å². The van der Waals surface area contributed by atoms with Gasteiger partial charge in [-0.25, -0.2) is 0 Å². The zero-order valence-electron chi connectivity index (χ0n) is 9.09. The van der Waals surface area contributed by atoms with Crippen LogP contribution in [0.1, 0.15) is 16.0 Å². The standard InChI is InChI=1S/C13H13NOS/c1-11-4-6-12(7-5-11)10-15-14-9-13-3-2-8-16-13/h2-9H,10H2,1H3. The Morgan fingerprint density at radius 3 is 2.75 bits per heavy atom. The monoisotopic (exact) mass is 231 g/mol. The van der Waals surface area contributed by atoms with E-state index in [0.29, 0.717) is 6.61 Å². The van der Waals surface area contributed by atoms with E-state index in [1.165, 1.54) is 5.56 Å². The van der Waals surface area contributed by atoms with Crippen LogP contribution in [0.15, 0.2) is 46.9 Å². The molecule has 0 fully saturated rings. The van der Waals surface area contributed by atoms with E-state index in [1.807, 2.05) is 17.5 Å². The number of aryl methyl sites for hydroxylation is 1. The molecule has 0 saturated carbocycles. The predicted octanol–water partition coefficient (Wildman–Crippen LogP) is 3.61. The average molecular weight is 231 g/mol. The number of oxime groups is 1. The molecule has 0 N–H and O–H groups in total. The van der Waals surface area contributed by atoms with Crippen LogP contribution in [0.4, 0.5) is 0 Å². The van der Waals surface area contributed by atoms with E-state index >= 15 is 0 Å². The van der Waals surface area contributed by atoms with E-state index in [4.69, 9.17) is 4.84 Å². The molecular formula is C13H13NOS. The van der Waals surface area contributed by atoms with Crippen LogP contribution >= 0.6 is 11.3 Å². The number of nitrogens with zero attached hydrogens (tertiary/aromatic N) is 1. The lowest BCUT2D eigenvalue weighted by molar-refractivity contribution is 0.132. The zero-order chi connectivity index (χ0) is 11.2. The summed E-state index contributed by atoms with van der Waals surface area (Å²) in [5, 5.41) is 5.93. The van der Waals surface area contributed by atoms with Crippen LogP contribution in [0.25, 0.3) is 0 Å². The molecule has 2 aromatic rings. The van der Waals surface area contributed by atoms with E-state index < -0.39 is 0 Å². The third-order valence-electron chi connectivity index (χ3n) is 2.15. The van der Waals surface area contributed by atoms with Crippen LogP contribution < -0.4 is 0 Å². The molecule has 0 spiro atoms. The first kappa shape index (κ1) is 10.9. The van der Waals surface area contributed by atoms with Crippen LogP contribution in [-0.2, 0) is 11.4 Å². The Kier molecular flexibility index (Phi) is 3.72. The summed E-state index contributed by atoms with van der Waals surface area (Å²) in [6.45, 7) is 2.59. The summed E-state index contributed by atoms with van der Waals surface area (Å²) in [4.78, 5) is 6.31. The molecule has 2 rings (SSSR count). The van der Waals surface area contributed by atoms with Crippen molar-refractivity contribution in [2.75, 3.05) is 0 Å². The maximum atomic E-state index is 5.21. The van der Waals surface area contributed by atoms with Gasteiger partial charge in [-0.2, -0.15) is 0 Å². The van der Waals surface area contributed by atoms with Gasteiger partial charge in [0.05, 0.1) is 6.21 Å². The second-order valence-corrected chi connectivity index (χ2v) is 4.49. The third-order valence-corrected chi connectivity index (χ3v) is 2.96.